The van der Waals surface area contributed by atoms with Crippen molar-refractivity contribution in [2.24, 2.45) is 0 Å². The number of halogens is 2. The first-order valence-electron chi connectivity index (χ1n) is 6.19. The lowest BCUT2D eigenvalue weighted by Crippen LogP contribution is -2.07. The van der Waals surface area contributed by atoms with Crippen LogP contribution < -0.4 is 5.32 Å². The predicted octanol–water partition coefficient (Wildman–Crippen LogP) is 5.78. The van der Waals surface area contributed by atoms with Gasteiger partial charge in [0.15, 0.2) is 0 Å². The monoisotopic (exact) mass is 322 g/mol. The highest BCUT2D eigenvalue weighted by atomic mass is 35.5. The number of rotatable bonds is 3. The zero-order valence-corrected chi connectivity index (χ0v) is 13.1. The van der Waals surface area contributed by atoms with Crippen LogP contribution in [0.2, 0.25) is 10.0 Å². The third kappa shape index (κ3) is 2.62. The van der Waals surface area contributed by atoms with Crippen LogP contribution in [-0.4, -0.2) is 4.98 Å². The van der Waals surface area contributed by atoms with Crippen LogP contribution in [0.3, 0.4) is 0 Å². The van der Waals surface area contributed by atoms with E-state index in [0.29, 0.717) is 5.02 Å². The number of fused-ring (bicyclic) bond motifs is 1. The topological polar surface area (TPSA) is 24.9 Å². The Morgan fingerprint density at radius 1 is 1.20 bits per heavy atom. The summed E-state index contributed by atoms with van der Waals surface area (Å²) in [6.07, 6.45) is 0. The van der Waals surface area contributed by atoms with Gasteiger partial charge in [-0.05, 0) is 36.8 Å². The summed E-state index contributed by atoms with van der Waals surface area (Å²) >= 11 is 13.9. The number of benzene rings is 2. The molecular weight excluding hydrogens is 311 g/mol. The second-order valence-electron chi connectivity index (χ2n) is 4.54. The fraction of sp³-hybridized carbons (Fsp3) is 0.133. The molecule has 0 saturated carbocycles. The molecule has 102 valence electrons. The maximum atomic E-state index is 6.30. The molecule has 0 spiro atoms. The minimum absolute atomic E-state index is 0.0958. The summed E-state index contributed by atoms with van der Waals surface area (Å²) in [6.45, 7) is 2.08. The van der Waals surface area contributed by atoms with Gasteiger partial charge in [0, 0.05) is 11.1 Å². The third-order valence-corrected chi connectivity index (χ3v) is 4.51. The molecule has 5 heteroatoms. The lowest BCUT2D eigenvalue weighted by molar-refractivity contribution is 0.886. The van der Waals surface area contributed by atoms with Crippen molar-refractivity contribution in [2.75, 3.05) is 5.32 Å². The van der Waals surface area contributed by atoms with E-state index in [1.807, 2.05) is 41.9 Å². The van der Waals surface area contributed by atoms with Gasteiger partial charge in [0.25, 0.3) is 0 Å². The van der Waals surface area contributed by atoms with Crippen LogP contribution in [0.15, 0.2) is 41.9 Å². The first-order chi connectivity index (χ1) is 9.65. The van der Waals surface area contributed by atoms with Crippen LogP contribution in [-0.2, 0) is 0 Å². The second-order valence-corrected chi connectivity index (χ2v) is 6.27. The van der Waals surface area contributed by atoms with Gasteiger partial charge in [-0.15, -0.1) is 11.3 Å². The van der Waals surface area contributed by atoms with Crippen molar-refractivity contribution in [1.82, 2.24) is 4.98 Å². The Hall–Kier alpha value is -1.29. The molecule has 0 amide bonds. The zero-order chi connectivity index (χ0) is 14.1. The Bertz CT molecular complexity index is 754. The van der Waals surface area contributed by atoms with Crippen LogP contribution >= 0.6 is 34.5 Å². The van der Waals surface area contributed by atoms with Crippen molar-refractivity contribution < 1.29 is 0 Å². The van der Waals surface area contributed by atoms with Crippen molar-refractivity contribution in [2.45, 2.75) is 13.0 Å². The van der Waals surface area contributed by atoms with E-state index in [1.54, 1.807) is 11.3 Å². The Morgan fingerprint density at radius 2 is 2.05 bits per heavy atom. The molecule has 20 heavy (non-hydrogen) atoms. The Balaban J connectivity index is 1.96. The average molecular weight is 323 g/mol. The van der Waals surface area contributed by atoms with E-state index in [-0.39, 0.29) is 6.04 Å². The highest BCUT2D eigenvalue weighted by Crippen LogP contribution is 2.34. The standard InChI is InChI=1S/C15H12Cl2N2S/c1-9(10-3-2-4-11(16)7-10)19-14-12(17)5-6-13-15(14)18-8-20-13/h2-9,19H,1H3. The Kier molecular flexibility index (Phi) is 3.83. The maximum absolute atomic E-state index is 6.30. The van der Waals surface area contributed by atoms with Gasteiger partial charge in [-0.1, -0.05) is 35.3 Å². The number of aromatic nitrogens is 1. The molecule has 1 atom stereocenters. The first-order valence-corrected chi connectivity index (χ1v) is 7.82. The van der Waals surface area contributed by atoms with E-state index in [0.717, 1.165) is 26.5 Å². The van der Waals surface area contributed by atoms with E-state index in [4.69, 9.17) is 23.2 Å². The van der Waals surface area contributed by atoms with Crippen LogP contribution in [0.5, 0.6) is 0 Å². The van der Waals surface area contributed by atoms with Crippen molar-refractivity contribution in [3.63, 3.8) is 0 Å². The number of anilines is 1. The molecule has 0 bridgehead atoms. The average Bonchev–Trinajstić information content (AvgIpc) is 2.90. The van der Waals surface area contributed by atoms with Gasteiger partial charge in [-0.25, -0.2) is 4.98 Å². The lowest BCUT2D eigenvalue weighted by Gasteiger charge is -2.17. The highest BCUT2D eigenvalue weighted by Gasteiger charge is 2.12. The van der Waals surface area contributed by atoms with E-state index in [2.05, 4.69) is 17.2 Å². The normalized spacial score (nSPS) is 12.6. The van der Waals surface area contributed by atoms with Crippen LogP contribution in [0.1, 0.15) is 18.5 Å². The summed E-state index contributed by atoms with van der Waals surface area (Å²) in [7, 11) is 0. The molecule has 3 rings (SSSR count). The van der Waals surface area contributed by atoms with E-state index in [9.17, 15) is 0 Å². The molecule has 0 fully saturated rings. The molecule has 0 aliphatic rings. The van der Waals surface area contributed by atoms with Gasteiger partial charge in [0.2, 0.25) is 0 Å². The van der Waals surface area contributed by atoms with Gasteiger partial charge in [0.1, 0.15) is 5.52 Å². The van der Waals surface area contributed by atoms with E-state index < -0.39 is 0 Å². The summed E-state index contributed by atoms with van der Waals surface area (Å²) in [6, 6.07) is 11.8. The summed E-state index contributed by atoms with van der Waals surface area (Å²) < 4.78 is 1.12. The minimum atomic E-state index is 0.0958. The minimum Gasteiger partial charge on any atom is -0.376 e. The maximum Gasteiger partial charge on any atom is 0.106 e. The largest absolute Gasteiger partial charge is 0.376 e. The van der Waals surface area contributed by atoms with Gasteiger partial charge >= 0.3 is 0 Å². The Labute approximate surface area is 131 Å². The summed E-state index contributed by atoms with van der Waals surface area (Å²) in [4.78, 5) is 4.39. The van der Waals surface area contributed by atoms with Gasteiger partial charge in [0.05, 0.1) is 20.9 Å². The van der Waals surface area contributed by atoms with Crippen molar-refractivity contribution in [3.8, 4) is 0 Å². The molecular formula is C15H12Cl2N2S. The summed E-state index contributed by atoms with van der Waals surface area (Å²) in [5.74, 6) is 0. The fourth-order valence-corrected chi connectivity index (χ4v) is 3.21. The summed E-state index contributed by atoms with van der Waals surface area (Å²) in [5.41, 5.74) is 4.73. The highest BCUT2D eigenvalue weighted by molar-refractivity contribution is 7.16. The SMILES string of the molecule is CC(Nc1c(Cl)ccc2scnc12)c1cccc(Cl)c1. The number of nitrogens with zero attached hydrogens (tertiary/aromatic N) is 1. The quantitative estimate of drug-likeness (QED) is 0.661. The molecule has 2 aromatic carbocycles. The molecule has 0 aliphatic heterocycles. The zero-order valence-electron chi connectivity index (χ0n) is 10.7. The van der Waals surface area contributed by atoms with E-state index >= 15 is 0 Å². The van der Waals surface area contributed by atoms with Gasteiger partial charge < -0.3 is 5.32 Å². The van der Waals surface area contributed by atoms with Crippen LogP contribution in [0.4, 0.5) is 5.69 Å². The smallest absolute Gasteiger partial charge is 0.106 e. The molecule has 2 nitrogen and oxygen atoms in total. The molecule has 0 radical (unpaired) electrons. The van der Waals surface area contributed by atoms with Crippen LogP contribution in [0, 0.1) is 0 Å². The third-order valence-electron chi connectivity index (χ3n) is 3.16. The Morgan fingerprint density at radius 3 is 2.85 bits per heavy atom. The van der Waals surface area contributed by atoms with Gasteiger partial charge in [-0.3, -0.25) is 0 Å². The second kappa shape index (κ2) is 5.60. The van der Waals surface area contributed by atoms with Crippen molar-refractivity contribution >= 4 is 50.4 Å². The number of hydrogen-bond donors (Lipinski definition) is 1. The number of nitrogens with one attached hydrogen (secondary N) is 1. The summed E-state index contributed by atoms with van der Waals surface area (Å²) in [5, 5.41) is 4.85. The fourth-order valence-electron chi connectivity index (χ4n) is 2.12. The van der Waals surface area contributed by atoms with Crippen LogP contribution in [0.25, 0.3) is 10.2 Å². The lowest BCUT2D eigenvalue weighted by atomic mass is 10.1. The molecule has 0 saturated heterocycles. The molecule has 1 aromatic heterocycles. The molecule has 1 unspecified atom stereocenters. The van der Waals surface area contributed by atoms with E-state index in [1.165, 1.54) is 0 Å². The molecule has 0 aliphatic carbocycles. The molecule has 3 aromatic rings. The number of thiazole rings is 1. The number of hydrogen-bond acceptors (Lipinski definition) is 3. The van der Waals surface area contributed by atoms with Crippen molar-refractivity contribution in [1.29, 1.82) is 0 Å². The first kappa shape index (κ1) is 13.7. The molecule has 1 heterocycles. The predicted molar refractivity (Wildman–Crippen MR) is 88.1 cm³/mol. The van der Waals surface area contributed by atoms with Gasteiger partial charge in [-0.2, -0.15) is 0 Å². The molecule has 1 N–H and O–H groups in total. The van der Waals surface area contributed by atoms with Crippen molar-refractivity contribution in [3.05, 3.63) is 57.5 Å².